The van der Waals surface area contributed by atoms with Crippen LogP contribution in [0.3, 0.4) is 0 Å². The van der Waals surface area contributed by atoms with Crippen molar-refractivity contribution in [2.75, 3.05) is 5.32 Å². The van der Waals surface area contributed by atoms with Crippen LogP contribution in [0.2, 0.25) is 0 Å². The standard InChI is InChI=1S/C13H13BrF3N3/c1-8-4-3-5-10(14)9(8)7-18-12-6-11(13(15,16)17)20(2)19-12/h3-6H,7H2,1-2H3,(H,18,19). The Morgan fingerprint density at radius 2 is 2.05 bits per heavy atom. The van der Waals surface area contributed by atoms with Gasteiger partial charge >= 0.3 is 6.18 Å². The van der Waals surface area contributed by atoms with Gasteiger partial charge in [0.1, 0.15) is 11.5 Å². The van der Waals surface area contributed by atoms with Crippen molar-refractivity contribution in [2.45, 2.75) is 19.6 Å². The third-order valence-corrected chi connectivity index (χ3v) is 3.71. The minimum atomic E-state index is -4.40. The highest BCUT2D eigenvalue weighted by Gasteiger charge is 2.34. The van der Waals surface area contributed by atoms with Crippen molar-refractivity contribution in [1.82, 2.24) is 9.78 Å². The minimum absolute atomic E-state index is 0.204. The summed E-state index contributed by atoms with van der Waals surface area (Å²) in [4.78, 5) is 0. The first-order valence-electron chi connectivity index (χ1n) is 5.88. The fraction of sp³-hybridized carbons (Fsp3) is 0.308. The highest BCUT2D eigenvalue weighted by molar-refractivity contribution is 9.10. The molecule has 0 saturated heterocycles. The molecule has 1 N–H and O–H groups in total. The molecule has 1 heterocycles. The molecule has 0 aliphatic heterocycles. The van der Waals surface area contributed by atoms with Crippen molar-refractivity contribution in [3.05, 3.63) is 45.6 Å². The van der Waals surface area contributed by atoms with Gasteiger partial charge in [0.15, 0.2) is 0 Å². The van der Waals surface area contributed by atoms with Crippen LogP contribution in [-0.4, -0.2) is 9.78 Å². The summed E-state index contributed by atoms with van der Waals surface area (Å²) in [5.74, 6) is 0.204. The summed E-state index contributed by atoms with van der Waals surface area (Å²) in [7, 11) is 1.28. The van der Waals surface area contributed by atoms with Crippen molar-refractivity contribution >= 4 is 21.7 Å². The number of nitrogens with zero attached hydrogens (tertiary/aromatic N) is 2. The van der Waals surface area contributed by atoms with Crippen molar-refractivity contribution in [2.24, 2.45) is 7.05 Å². The minimum Gasteiger partial charge on any atom is -0.364 e. The maximum atomic E-state index is 12.7. The lowest BCUT2D eigenvalue weighted by atomic mass is 10.1. The van der Waals surface area contributed by atoms with E-state index in [1.165, 1.54) is 7.05 Å². The van der Waals surface area contributed by atoms with Crippen LogP contribution < -0.4 is 5.32 Å². The van der Waals surface area contributed by atoms with Gasteiger partial charge in [-0.2, -0.15) is 18.3 Å². The molecule has 20 heavy (non-hydrogen) atoms. The number of halogens is 4. The molecule has 0 unspecified atom stereocenters. The molecular weight excluding hydrogens is 335 g/mol. The molecule has 0 atom stereocenters. The number of aromatic nitrogens is 2. The van der Waals surface area contributed by atoms with Crippen molar-refractivity contribution < 1.29 is 13.2 Å². The zero-order valence-corrected chi connectivity index (χ0v) is 12.5. The summed E-state index contributed by atoms with van der Waals surface area (Å²) in [5.41, 5.74) is 1.27. The van der Waals surface area contributed by atoms with E-state index < -0.39 is 11.9 Å². The Bertz CT molecular complexity index is 600. The molecule has 1 aromatic heterocycles. The van der Waals surface area contributed by atoms with E-state index in [9.17, 15) is 13.2 Å². The fourth-order valence-electron chi connectivity index (χ4n) is 1.89. The van der Waals surface area contributed by atoms with Gasteiger partial charge < -0.3 is 5.32 Å². The largest absolute Gasteiger partial charge is 0.433 e. The Morgan fingerprint density at radius 1 is 1.35 bits per heavy atom. The van der Waals surface area contributed by atoms with Crippen LogP contribution in [0, 0.1) is 6.92 Å². The monoisotopic (exact) mass is 347 g/mol. The SMILES string of the molecule is Cc1cccc(Br)c1CNc1cc(C(F)(F)F)n(C)n1. The predicted octanol–water partition coefficient (Wildman–Crippen LogP) is 4.12. The third-order valence-electron chi connectivity index (χ3n) is 2.97. The first-order chi connectivity index (χ1) is 9.29. The predicted molar refractivity (Wildman–Crippen MR) is 74.4 cm³/mol. The number of alkyl halides is 3. The number of benzene rings is 1. The van der Waals surface area contributed by atoms with Gasteiger partial charge in [-0.05, 0) is 24.1 Å². The lowest BCUT2D eigenvalue weighted by Crippen LogP contribution is -2.11. The van der Waals surface area contributed by atoms with E-state index >= 15 is 0 Å². The molecule has 0 amide bonds. The molecule has 2 aromatic rings. The van der Waals surface area contributed by atoms with E-state index in [1.807, 2.05) is 25.1 Å². The molecule has 0 bridgehead atoms. The average Bonchev–Trinajstić information content (AvgIpc) is 2.70. The molecule has 0 aliphatic rings. The Hall–Kier alpha value is -1.50. The van der Waals surface area contributed by atoms with Crippen LogP contribution in [-0.2, 0) is 19.8 Å². The maximum absolute atomic E-state index is 12.7. The van der Waals surface area contributed by atoms with E-state index in [2.05, 4.69) is 26.3 Å². The van der Waals surface area contributed by atoms with Crippen molar-refractivity contribution in [1.29, 1.82) is 0 Å². The molecule has 7 heteroatoms. The van der Waals surface area contributed by atoms with Gasteiger partial charge in [0.25, 0.3) is 0 Å². The highest BCUT2D eigenvalue weighted by Crippen LogP contribution is 2.30. The first-order valence-corrected chi connectivity index (χ1v) is 6.67. The van der Waals surface area contributed by atoms with Crippen LogP contribution in [0.15, 0.2) is 28.7 Å². The number of hydrogen-bond acceptors (Lipinski definition) is 2. The van der Waals surface area contributed by atoms with Gasteiger partial charge in [-0.15, -0.1) is 0 Å². The molecule has 0 spiro atoms. The molecule has 0 saturated carbocycles. The van der Waals surface area contributed by atoms with E-state index in [-0.39, 0.29) is 5.82 Å². The lowest BCUT2D eigenvalue weighted by Gasteiger charge is -2.09. The Morgan fingerprint density at radius 3 is 2.60 bits per heavy atom. The smallest absolute Gasteiger partial charge is 0.364 e. The molecule has 108 valence electrons. The molecular formula is C13H13BrF3N3. The zero-order chi connectivity index (χ0) is 14.9. The summed E-state index contributed by atoms with van der Waals surface area (Å²) in [6.07, 6.45) is -4.40. The van der Waals surface area contributed by atoms with Gasteiger partial charge in [0.2, 0.25) is 0 Å². The summed E-state index contributed by atoms with van der Waals surface area (Å²) in [6, 6.07) is 6.75. The van der Waals surface area contributed by atoms with E-state index in [1.54, 1.807) is 0 Å². The van der Waals surface area contributed by atoms with Crippen LogP contribution in [0.25, 0.3) is 0 Å². The first kappa shape index (κ1) is 14.9. The summed E-state index contributed by atoms with van der Waals surface area (Å²) in [5, 5.41) is 6.74. The lowest BCUT2D eigenvalue weighted by molar-refractivity contribution is -0.143. The van der Waals surface area contributed by atoms with Gasteiger partial charge in [0.05, 0.1) is 0 Å². The van der Waals surface area contributed by atoms with Crippen LogP contribution in [0.4, 0.5) is 19.0 Å². The Kier molecular flexibility index (Phi) is 4.08. The molecule has 0 aliphatic carbocycles. The van der Waals surface area contributed by atoms with E-state index in [4.69, 9.17) is 0 Å². The van der Waals surface area contributed by atoms with Gasteiger partial charge in [-0.1, -0.05) is 28.1 Å². The quantitative estimate of drug-likeness (QED) is 0.904. The molecule has 1 aromatic carbocycles. The second-order valence-corrected chi connectivity index (χ2v) is 5.28. The number of rotatable bonds is 3. The van der Waals surface area contributed by atoms with E-state index in [0.717, 1.165) is 26.3 Å². The topological polar surface area (TPSA) is 29.9 Å². The number of anilines is 1. The number of nitrogens with one attached hydrogen (secondary N) is 1. The Labute approximate surface area is 122 Å². The van der Waals surface area contributed by atoms with Crippen molar-refractivity contribution in [3.8, 4) is 0 Å². The molecule has 2 rings (SSSR count). The maximum Gasteiger partial charge on any atom is 0.433 e. The highest BCUT2D eigenvalue weighted by atomic mass is 79.9. The van der Waals surface area contributed by atoms with E-state index in [0.29, 0.717) is 6.54 Å². The molecule has 3 nitrogen and oxygen atoms in total. The third kappa shape index (κ3) is 3.15. The van der Waals surface area contributed by atoms with Crippen LogP contribution in [0.1, 0.15) is 16.8 Å². The average molecular weight is 348 g/mol. The second-order valence-electron chi connectivity index (χ2n) is 4.43. The van der Waals surface area contributed by atoms with Crippen molar-refractivity contribution in [3.63, 3.8) is 0 Å². The van der Waals surface area contributed by atoms with Gasteiger partial charge in [0, 0.05) is 24.1 Å². The zero-order valence-electron chi connectivity index (χ0n) is 10.9. The fourth-order valence-corrected chi connectivity index (χ4v) is 2.49. The normalized spacial score (nSPS) is 11.7. The summed E-state index contributed by atoms with van der Waals surface area (Å²) < 4.78 is 39.7. The second kappa shape index (κ2) is 5.47. The molecule has 0 fully saturated rings. The van der Waals surface area contributed by atoms with Crippen LogP contribution in [0.5, 0.6) is 0 Å². The number of hydrogen-bond donors (Lipinski definition) is 1. The van der Waals surface area contributed by atoms with Gasteiger partial charge in [-0.25, -0.2) is 0 Å². The Balaban J connectivity index is 2.16. The summed E-state index contributed by atoms with van der Waals surface area (Å²) in [6.45, 7) is 2.35. The van der Waals surface area contributed by atoms with Gasteiger partial charge in [-0.3, -0.25) is 4.68 Å². The molecule has 0 radical (unpaired) electrons. The van der Waals surface area contributed by atoms with Crippen LogP contribution >= 0.6 is 15.9 Å². The summed E-state index contributed by atoms with van der Waals surface area (Å²) >= 11 is 3.43. The number of aryl methyl sites for hydroxylation is 2.